The number of aliphatic hydroxyl groups is 1. The molecule has 2 heterocycles. The van der Waals surface area contributed by atoms with E-state index >= 15 is 0 Å². The highest BCUT2D eigenvalue weighted by Crippen LogP contribution is 2.40. The number of imidazole rings is 1. The van der Waals surface area contributed by atoms with Gasteiger partial charge in [-0.2, -0.15) is 13.2 Å². The molecule has 0 saturated carbocycles. The van der Waals surface area contributed by atoms with Gasteiger partial charge in [0.15, 0.2) is 0 Å². The van der Waals surface area contributed by atoms with Crippen molar-refractivity contribution in [2.45, 2.75) is 31.7 Å². The van der Waals surface area contributed by atoms with Gasteiger partial charge in [0.05, 0.1) is 12.8 Å². The van der Waals surface area contributed by atoms with Crippen LogP contribution in [0.25, 0.3) is 0 Å². The van der Waals surface area contributed by atoms with Crippen molar-refractivity contribution in [3.8, 4) is 0 Å². The standard InChI is InChI=1S/C14H18F3N3O2/c1-10-3-8-22-11(10)9-18-5-4-13(21,14(15,16)17)12-19-6-7-20(12)2/h3,6-8,18,21H,4-5,9H2,1-2H3. The second-order valence-corrected chi connectivity index (χ2v) is 5.17. The summed E-state index contributed by atoms with van der Waals surface area (Å²) in [4.78, 5) is 3.64. The maximum absolute atomic E-state index is 13.3. The Bertz CT molecular complexity index is 621. The number of nitrogens with zero attached hydrogens (tertiary/aromatic N) is 2. The molecule has 2 rings (SSSR count). The number of aryl methyl sites for hydroxylation is 2. The molecule has 2 N–H and O–H groups in total. The number of hydrogen-bond acceptors (Lipinski definition) is 4. The highest BCUT2D eigenvalue weighted by Gasteiger charge is 2.56. The third-order valence-corrected chi connectivity index (χ3v) is 3.58. The molecule has 1 atom stereocenters. The Morgan fingerprint density at radius 2 is 2.14 bits per heavy atom. The van der Waals surface area contributed by atoms with Crippen LogP contribution in [0.2, 0.25) is 0 Å². The summed E-state index contributed by atoms with van der Waals surface area (Å²) < 4.78 is 46.2. The Morgan fingerprint density at radius 1 is 1.41 bits per heavy atom. The molecule has 0 spiro atoms. The molecule has 1 unspecified atom stereocenters. The van der Waals surface area contributed by atoms with Gasteiger partial charge in [-0.1, -0.05) is 0 Å². The van der Waals surface area contributed by atoms with Crippen LogP contribution in [0, 0.1) is 6.92 Å². The van der Waals surface area contributed by atoms with Crippen molar-refractivity contribution in [2.24, 2.45) is 7.05 Å². The molecule has 8 heteroatoms. The molecular weight excluding hydrogens is 299 g/mol. The summed E-state index contributed by atoms with van der Waals surface area (Å²) in [5, 5.41) is 13.0. The lowest BCUT2D eigenvalue weighted by Crippen LogP contribution is -2.46. The van der Waals surface area contributed by atoms with E-state index in [2.05, 4.69) is 10.3 Å². The summed E-state index contributed by atoms with van der Waals surface area (Å²) in [5.74, 6) is 0.239. The average Bonchev–Trinajstić information content (AvgIpc) is 3.02. The van der Waals surface area contributed by atoms with E-state index in [1.807, 2.05) is 6.92 Å². The zero-order chi connectivity index (χ0) is 16.4. The molecule has 0 radical (unpaired) electrons. The molecular formula is C14H18F3N3O2. The van der Waals surface area contributed by atoms with Gasteiger partial charge in [-0.15, -0.1) is 0 Å². The molecule has 0 aromatic carbocycles. The maximum Gasteiger partial charge on any atom is 0.424 e. The van der Waals surface area contributed by atoms with E-state index in [0.717, 1.165) is 5.56 Å². The first kappa shape index (κ1) is 16.6. The molecule has 2 aromatic rings. The minimum absolute atomic E-state index is 0.0387. The van der Waals surface area contributed by atoms with Gasteiger partial charge < -0.3 is 19.4 Å². The van der Waals surface area contributed by atoms with Gasteiger partial charge >= 0.3 is 6.18 Å². The molecule has 2 aromatic heterocycles. The van der Waals surface area contributed by atoms with Crippen LogP contribution in [0.5, 0.6) is 0 Å². The van der Waals surface area contributed by atoms with Crippen molar-refractivity contribution in [1.29, 1.82) is 0 Å². The van der Waals surface area contributed by atoms with Crippen LogP contribution in [0.3, 0.4) is 0 Å². The Kier molecular flexibility index (Phi) is 4.62. The summed E-state index contributed by atoms with van der Waals surface area (Å²) in [6.07, 6.45) is -1.24. The minimum Gasteiger partial charge on any atom is -0.468 e. The first-order valence-corrected chi connectivity index (χ1v) is 6.76. The normalized spacial score (nSPS) is 15.0. The molecule has 0 aliphatic rings. The second-order valence-electron chi connectivity index (χ2n) is 5.17. The third kappa shape index (κ3) is 3.17. The summed E-state index contributed by atoms with van der Waals surface area (Å²) in [7, 11) is 1.42. The summed E-state index contributed by atoms with van der Waals surface area (Å²) in [6.45, 7) is 2.11. The number of halogens is 3. The van der Waals surface area contributed by atoms with Crippen LogP contribution < -0.4 is 5.32 Å². The van der Waals surface area contributed by atoms with E-state index in [1.54, 1.807) is 6.07 Å². The van der Waals surface area contributed by atoms with Crippen molar-refractivity contribution in [2.75, 3.05) is 6.54 Å². The zero-order valence-corrected chi connectivity index (χ0v) is 12.3. The summed E-state index contributed by atoms with van der Waals surface area (Å²) >= 11 is 0. The highest BCUT2D eigenvalue weighted by atomic mass is 19.4. The number of nitrogens with one attached hydrogen (secondary N) is 1. The predicted octanol–water partition coefficient (Wildman–Crippen LogP) is 2.25. The van der Waals surface area contributed by atoms with Gasteiger partial charge in [0.1, 0.15) is 11.6 Å². The number of furan rings is 1. The van der Waals surface area contributed by atoms with Crippen molar-refractivity contribution in [3.63, 3.8) is 0 Å². The van der Waals surface area contributed by atoms with Crippen LogP contribution in [-0.2, 0) is 19.2 Å². The smallest absolute Gasteiger partial charge is 0.424 e. The Hall–Kier alpha value is -1.80. The van der Waals surface area contributed by atoms with Gasteiger partial charge in [0.25, 0.3) is 0 Å². The molecule has 0 amide bonds. The van der Waals surface area contributed by atoms with Crippen LogP contribution >= 0.6 is 0 Å². The molecule has 0 fully saturated rings. The summed E-state index contributed by atoms with van der Waals surface area (Å²) in [5.41, 5.74) is -2.07. The lowest BCUT2D eigenvalue weighted by Gasteiger charge is -2.30. The molecule has 0 saturated heterocycles. The van der Waals surface area contributed by atoms with Crippen LogP contribution in [0.1, 0.15) is 23.6 Å². The van der Waals surface area contributed by atoms with Crippen LogP contribution in [0.4, 0.5) is 13.2 Å². The van der Waals surface area contributed by atoms with Gasteiger partial charge in [0.2, 0.25) is 5.60 Å². The summed E-state index contributed by atoms with van der Waals surface area (Å²) in [6, 6.07) is 1.77. The highest BCUT2D eigenvalue weighted by molar-refractivity contribution is 5.14. The lowest BCUT2D eigenvalue weighted by atomic mass is 9.97. The van der Waals surface area contributed by atoms with Gasteiger partial charge in [-0.05, 0) is 25.1 Å². The average molecular weight is 317 g/mol. The fourth-order valence-electron chi connectivity index (χ4n) is 2.20. The molecule has 0 bridgehead atoms. The van der Waals surface area contributed by atoms with E-state index in [-0.39, 0.29) is 6.54 Å². The van der Waals surface area contributed by atoms with E-state index in [0.29, 0.717) is 12.3 Å². The molecule has 5 nitrogen and oxygen atoms in total. The van der Waals surface area contributed by atoms with E-state index in [1.165, 1.54) is 30.3 Å². The number of alkyl halides is 3. The number of hydrogen-bond donors (Lipinski definition) is 2. The fraction of sp³-hybridized carbons (Fsp3) is 0.500. The Morgan fingerprint density at radius 3 is 2.64 bits per heavy atom. The topological polar surface area (TPSA) is 63.2 Å². The SMILES string of the molecule is Cc1ccoc1CNCCC(O)(c1nccn1C)C(F)(F)F. The third-order valence-electron chi connectivity index (χ3n) is 3.58. The zero-order valence-electron chi connectivity index (χ0n) is 12.3. The van der Waals surface area contributed by atoms with E-state index in [9.17, 15) is 18.3 Å². The van der Waals surface area contributed by atoms with Crippen LogP contribution in [-0.4, -0.2) is 27.4 Å². The monoisotopic (exact) mass is 317 g/mol. The van der Waals surface area contributed by atoms with E-state index < -0.39 is 24.0 Å². The molecule has 122 valence electrons. The van der Waals surface area contributed by atoms with Crippen molar-refractivity contribution in [3.05, 3.63) is 41.9 Å². The largest absolute Gasteiger partial charge is 0.468 e. The lowest BCUT2D eigenvalue weighted by molar-refractivity contribution is -0.272. The molecule has 22 heavy (non-hydrogen) atoms. The van der Waals surface area contributed by atoms with Gasteiger partial charge in [-0.3, -0.25) is 0 Å². The fourth-order valence-corrected chi connectivity index (χ4v) is 2.20. The van der Waals surface area contributed by atoms with E-state index in [4.69, 9.17) is 4.42 Å². The maximum atomic E-state index is 13.3. The molecule has 0 aliphatic carbocycles. The first-order chi connectivity index (χ1) is 10.3. The molecule has 0 aliphatic heterocycles. The number of rotatable bonds is 6. The minimum atomic E-state index is -4.81. The second kappa shape index (κ2) is 6.13. The predicted molar refractivity (Wildman–Crippen MR) is 72.9 cm³/mol. The van der Waals surface area contributed by atoms with Gasteiger partial charge in [-0.25, -0.2) is 4.98 Å². The van der Waals surface area contributed by atoms with Crippen LogP contribution in [0.15, 0.2) is 29.1 Å². The van der Waals surface area contributed by atoms with Crippen molar-refractivity contribution >= 4 is 0 Å². The first-order valence-electron chi connectivity index (χ1n) is 6.76. The quantitative estimate of drug-likeness (QED) is 0.802. The Balaban J connectivity index is 2.03. The van der Waals surface area contributed by atoms with Gasteiger partial charge in [0, 0.05) is 25.9 Å². The number of aromatic nitrogens is 2. The Labute approximate surface area is 125 Å². The van der Waals surface area contributed by atoms with Crippen molar-refractivity contribution < 1.29 is 22.7 Å². The van der Waals surface area contributed by atoms with Crippen molar-refractivity contribution in [1.82, 2.24) is 14.9 Å².